The van der Waals surface area contributed by atoms with Crippen molar-refractivity contribution in [2.45, 2.75) is 19.2 Å². The van der Waals surface area contributed by atoms with Crippen LogP contribution in [0.15, 0.2) is 24.3 Å². The first kappa shape index (κ1) is 14.8. The summed E-state index contributed by atoms with van der Waals surface area (Å²) in [5.74, 6) is 0.523. The summed E-state index contributed by atoms with van der Waals surface area (Å²) in [4.78, 5) is 0. The van der Waals surface area contributed by atoms with Crippen LogP contribution >= 0.6 is 0 Å². The fraction of sp³-hybridized carbons (Fsp3) is 0.500. The Morgan fingerprint density at radius 3 is 2.28 bits per heavy atom. The van der Waals surface area contributed by atoms with Crippen molar-refractivity contribution in [3.63, 3.8) is 0 Å². The van der Waals surface area contributed by atoms with Gasteiger partial charge in [0.15, 0.2) is 0 Å². The number of aliphatic hydroxyl groups excluding tert-OH is 1. The maximum absolute atomic E-state index is 11.7. The summed E-state index contributed by atoms with van der Waals surface area (Å²) in [5.41, 5.74) is 0.746. The summed E-state index contributed by atoms with van der Waals surface area (Å²) in [5, 5.41) is 9.27. The van der Waals surface area contributed by atoms with E-state index < -0.39 is 18.9 Å². The maximum Gasteiger partial charge on any atom is 0.411 e. The van der Waals surface area contributed by atoms with Gasteiger partial charge in [-0.3, -0.25) is 0 Å². The molecule has 0 bridgehead atoms. The lowest BCUT2D eigenvalue weighted by Gasteiger charge is -2.10. The quantitative estimate of drug-likeness (QED) is 0.803. The van der Waals surface area contributed by atoms with Crippen LogP contribution in [0.5, 0.6) is 5.75 Å². The molecule has 0 radical (unpaired) electrons. The van der Waals surface area contributed by atoms with Gasteiger partial charge < -0.3 is 14.6 Å². The SMILES string of the molecule is CC(O)c1ccc(OCCOCC(F)(F)F)cc1. The molecule has 6 heteroatoms. The number of ether oxygens (including phenoxy) is 2. The highest BCUT2D eigenvalue weighted by Crippen LogP contribution is 2.17. The monoisotopic (exact) mass is 264 g/mol. The third kappa shape index (κ3) is 5.88. The van der Waals surface area contributed by atoms with E-state index >= 15 is 0 Å². The molecule has 1 atom stereocenters. The van der Waals surface area contributed by atoms with Crippen molar-refractivity contribution in [2.24, 2.45) is 0 Å². The van der Waals surface area contributed by atoms with Gasteiger partial charge in [-0.2, -0.15) is 13.2 Å². The number of rotatable bonds is 6. The predicted octanol–water partition coefficient (Wildman–Crippen LogP) is 2.70. The van der Waals surface area contributed by atoms with E-state index in [0.717, 1.165) is 5.56 Å². The molecule has 0 heterocycles. The standard InChI is InChI=1S/C12H15F3O3/c1-9(16)10-2-4-11(5-3-10)18-7-6-17-8-12(13,14)15/h2-5,9,16H,6-8H2,1H3. The molecule has 0 amide bonds. The molecular formula is C12H15F3O3. The molecule has 0 aliphatic carbocycles. The first-order valence-corrected chi connectivity index (χ1v) is 5.44. The fourth-order valence-electron chi connectivity index (χ4n) is 1.25. The van der Waals surface area contributed by atoms with E-state index in [0.29, 0.717) is 5.75 Å². The zero-order valence-electron chi connectivity index (χ0n) is 9.91. The normalized spacial score (nSPS) is 13.4. The number of aliphatic hydroxyl groups is 1. The third-order valence-corrected chi connectivity index (χ3v) is 2.12. The molecular weight excluding hydrogens is 249 g/mol. The Labute approximate surface area is 103 Å². The van der Waals surface area contributed by atoms with Gasteiger partial charge >= 0.3 is 6.18 Å². The molecule has 1 unspecified atom stereocenters. The molecule has 0 spiro atoms. The van der Waals surface area contributed by atoms with Crippen molar-refractivity contribution in [3.05, 3.63) is 29.8 Å². The average Bonchev–Trinajstić information content (AvgIpc) is 2.27. The highest BCUT2D eigenvalue weighted by Gasteiger charge is 2.27. The van der Waals surface area contributed by atoms with Gasteiger partial charge in [-0.1, -0.05) is 12.1 Å². The van der Waals surface area contributed by atoms with Gasteiger partial charge in [0.1, 0.15) is 19.0 Å². The lowest BCUT2D eigenvalue weighted by atomic mass is 10.1. The van der Waals surface area contributed by atoms with Gasteiger partial charge in [0.2, 0.25) is 0 Å². The molecule has 0 aliphatic rings. The minimum absolute atomic E-state index is 0.0457. The molecule has 3 nitrogen and oxygen atoms in total. The van der Waals surface area contributed by atoms with Crippen LogP contribution in [-0.4, -0.2) is 31.1 Å². The van der Waals surface area contributed by atoms with Crippen LogP contribution in [0.1, 0.15) is 18.6 Å². The first-order valence-electron chi connectivity index (χ1n) is 5.44. The van der Waals surface area contributed by atoms with E-state index in [2.05, 4.69) is 4.74 Å². The smallest absolute Gasteiger partial charge is 0.411 e. The summed E-state index contributed by atoms with van der Waals surface area (Å²) in [6.45, 7) is 0.292. The lowest BCUT2D eigenvalue weighted by molar-refractivity contribution is -0.175. The minimum atomic E-state index is -4.31. The molecule has 1 rings (SSSR count). The van der Waals surface area contributed by atoms with E-state index in [4.69, 9.17) is 4.74 Å². The molecule has 0 fully saturated rings. The van der Waals surface area contributed by atoms with Crippen LogP contribution in [0, 0.1) is 0 Å². The number of alkyl halides is 3. The number of halogens is 3. The van der Waals surface area contributed by atoms with Crippen LogP contribution in [0.3, 0.4) is 0 Å². The van der Waals surface area contributed by atoms with Crippen molar-refractivity contribution in [1.82, 2.24) is 0 Å². The van der Waals surface area contributed by atoms with Crippen LogP contribution in [-0.2, 0) is 4.74 Å². The molecule has 1 aromatic rings. The molecule has 0 saturated heterocycles. The zero-order chi connectivity index (χ0) is 13.6. The average molecular weight is 264 g/mol. The molecule has 1 aromatic carbocycles. The third-order valence-electron chi connectivity index (χ3n) is 2.12. The Morgan fingerprint density at radius 1 is 1.17 bits per heavy atom. The van der Waals surface area contributed by atoms with Gasteiger partial charge in [-0.05, 0) is 24.6 Å². The Morgan fingerprint density at radius 2 is 1.78 bits per heavy atom. The largest absolute Gasteiger partial charge is 0.491 e. The highest BCUT2D eigenvalue weighted by molar-refractivity contribution is 5.28. The van der Waals surface area contributed by atoms with Crippen molar-refractivity contribution >= 4 is 0 Å². The van der Waals surface area contributed by atoms with Crippen molar-refractivity contribution < 1.29 is 27.8 Å². The Kier molecular flexibility index (Phi) is 5.43. The number of benzene rings is 1. The highest BCUT2D eigenvalue weighted by atomic mass is 19.4. The summed E-state index contributed by atoms with van der Waals surface area (Å²) < 4.78 is 44.8. The Balaban J connectivity index is 2.23. The summed E-state index contributed by atoms with van der Waals surface area (Å²) in [6, 6.07) is 6.67. The maximum atomic E-state index is 11.7. The lowest BCUT2D eigenvalue weighted by Crippen LogP contribution is -2.19. The van der Waals surface area contributed by atoms with Crippen molar-refractivity contribution in [2.75, 3.05) is 19.8 Å². The molecule has 0 saturated carbocycles. The van der Waals surface area contributed by atoms with Gasteiger partial charge in [0.25, 0.3) is 0 Å². The summed E-state index contributed by atoms with van der Waals surface area (Å²) >= 11 is 0. The molecule has 102 valence electrons. The molecule has 18 heavy (non-hydrogen) atoms. The van der Waals surface area contributed by atoms with Gasteiger partial charge in [-0.15, -0.1) is 0 Å². The number of hydrogen-bond acceptors (Lipinski definition) is 3. The minimum Gasteiger partial charge on any atom is -0.491 e. The Bertz CT molecular complexity index is 347. The van der Waals surface area contributed by atoms with E-state index in [1.807, 2.05) is 0 Å². The van der Waals surface area contributed by atoms with E-state index in [1.54, 1.807) is 31.2 Å². The Hall–Kier alpha value is -1.27. The van der Waals surface area contributed by atoms with Crippen LogP contribution in [0.4, 0.5) is 13.2 Å². The molecule has 0 aromatic heterocycles. The van der Waals surface area contributed by atoms with Crippen LogP contribution < -0.4 is 4.74 Å². The van der Waals surface area contributed by atoms with E-state index in [9.17, 15) is 18.3 Å². The first-order chi connectivity index (χ1) is 8.38. The van der Waals surface area contributed by atoms with Gasteiger partial charge in [-0.25, -0.2) is 0 Å². The molecule has 0 aliphatic heterocycles. The second kappa shape index (κ2) is 6.61. The van der Waals surface area contributed by atoms with Crippen LogP contribution in [0.2, 0.25) is 0 Å². The number of hydrogen-bond donors (Lipinski definition) is 1. The van der Waals surface area contributed by atoms with Gasteiger partial charge in [0.05, 0.1) is 12.7 Å². The zero-order valence-corrected chi connectivity index (χ0v) is 9.91. The van der Waals surface area contributed by atoms with E-state index in [1.165, 1.54) is 0 Å². The summed E-state index contributed by atoms with van der Waals surface area (Å²) in [7, 11) is 0. The van der Waals surface area contributed by atoms with Crippen molar-refractivity contribution in [1.29, 1.82) is 0 Å². The second-order valence-corrected chi connectivity index (χ2v) is 3.76. The van der Waals surface area contributed by atoms with Crippen molar-refractivity contribution in [3.8, 4) is 5.75 Å². The second-order valence-electron chi connectivity index (χ2n) is 3.76. The van der Waals surface area contributed by atoms with Crippen LogP contribution in [0.25, 0.3) is 0 Å². The topological polar surface area (TPSA) is 38.7 Å². The van der Waals surface area contributed by atoms with Gasteiger partial charge in [0, 0.05) is 0 Å². The van der Waals surface area contributed by atoms with E-state index in [-0.39, 0.29) is 13.2 Å². The molecule has 1 N–H and O–H groups in total. The fourth-order valence-corrected chi connectivity index (χ4v) is 1.25. The predicted molar refractivity (Wildman–Crippen MR) is 59.4 cm³/mol. The summed E-state index contributed by atoms with van der Waals surface area (Å²) in [6.07, 6.45) is -4.87.